The second-order valence-corrected chi connectivity index (χ2v) is 6.63. The SMILES string of the molecule is Cc1ncc(S(=O)(=O)NCC(C)(O)CN(C)C)[nH]1. The van der Waals surface area contributed by atoms with E-state index in [9.17, 15) is 13.5 Å². The lowest BCUT2D eigenvalue weighted by Gasteiger charge is -2.26. The van der Waals surface area contributed by atoms with Crippen molar-refractivity contribution in [3.8, 4) is 0 Å². The summed E-state index contributed by atoms with van der Waals surface area (Å²) in [7, 11) is -0.0415. The first-order chi connectivity index (χ1) is 8.12. The predicted octanol–water partition coefficient (Wildman–Crippen LogP) is -0.691. The van der Waals surface area contributed by atoms with Gasteiger partial charge in [0.1, 0.15) is 5.82 Å². The molecule has 104 valence electrons. The van der Waals surface area contributed by atoms with Crippen molar-refractivity contribution in [2.24, 2.45) is 0 Å². The maximum atomic E-state index is 11.9. The van der Waals surface area contributed by atoms with E-state index in [2.05, 4.69) is 14.7 Å². The van der Waals surface area contributed by atoms with Crippen LogP contribution in [0, 0.1) is 6.92 Å². The van der Waals surface area contributed by atoms with Crippen LogP contribution in [0.3, 0.4) is 0 Å². The molecule has 0 spiro atoms. The first-order valence-corrected chi connectivity index (χ1v) is 6.99. The van der Waals surface area contributed by atoms with Crippen LogP contribution in [-0.4, -0.2) is 61.2 Å². The summed E-state index contributed by atoms with van der Waals surface area (Å²) in [4.78, 5) is 8.26. The fourth-order valence-electron chi connectivity index (χ4n) is 1.60. The third-order valence-corrected chi connectivity index (χ3v) is 3.58. The van der Waals surface area contributed by atoms with E-state index in [-0.39, 0.29) is 11.6 Å². The molecule has 0 aromatic carbocycles. The van der Waals surface area contributed by atoms with Gasteiger partial charge in [0.15, 0.2) is 5.03 Å². The molecule has 1 atom stereocenters. The predicted molar refractivity (Wildman–Crippen MR) is 67.7 cm³/mol. The minimum Gasteiger partial charge on any atom is -0.387 e. The molecule has 0 aliphatic carbocycles. The lowest BCUT2D eigenvalue weighted by Crippen LogP contribution is -2.47. The Labute approximate surface area is 107 Å². The highest BCUT2D eigenvalue weighted by molar-refractivity contribution is 7.89. The lowest BCUT2D eigenvalue weighted by molar-refractivity contribution is 0.0386. The van der Waals surface area contributed by atoms with Crippen molar-refractivity contribution in [1.29, 1.82) is 0 Å². The molecule has 18 heavy (non-hydrogen) atoms. The van der Waals surface area contributed by atoms with Crippen LogP contribution in [0.1, 0.15) is 12.7 Å². The van der Waals surface area contributed by atoms with Crippen LogP contribution in [0.4, 0.5) is 0 Å². The van der Waals surface area contributed by atoms with Crippen LogP contribution in [-0.2, 0) is 10.0 Å². The number of aromatic nitrogens is 2. The van der Waals surface area contributed by atoms with Gasteiger partial charge in [-0.25, -0.2) is 18.1 Å². The number of imidazole rings is 1. The van der Waals surface area contributed by atoms with Gasteiger partial charge in [-0.3, -0.25) is 0 Å². The van der Waals surface area contributed by atoms with Crippen molar-refractivity contribution in [2.75, 3.05) is 27.2 Å². The molecule has 1 rings (SSSR count). The molecule has 1 aromatic rings. The highest BCUT2D eigenvalue weighted by atomic mass is 32.2. The van der Waals surface area contributed by atoms with Gasteiger partial charge in [0.25, 0.3) is 10.0 Å². The van der Waals surface area contributed by atoms with E-state index in [0.717, 1.165) is 0 Å². The van der Waals surface area contributed by atoms with Gasteiger partial charge < -0.3 is 15.0 Å². The smallest absolute Gasteiger partial charge is 0.257 e. The number of aliphatic hydroxyl groups is 1. The monoisotopic (exact) mass is 276 g/mol. The molecular weight excluding hydrogens is 256 g/mol. The van der Waals surface area contributed by atoms with E-state index in [1.54, 1.807) is 32.8 Å². The molecule has 7 nitrogen and oxygen atoms in total. The summed E-state index contributed by atoms with van der Waals surface area (Å²) in [6.45, 7) is 3.54. The van der Waals surface area contributed by atoms with Crippen LogP contribution < -0.4 is 4.72 Å². The Kier molecular flexibility index (Phi) is 4.49. The number of sulfonamides is 1. The number of aryl methyl sites for hydroxylation is 1. The van der Waals surface area contributed by atoms with E-state index < -0.39 is 15.6 Å². The van der Waals surface area contributed by atoms with Gasteiger partial charge in [0.2, 0.25) is 0 Å². The Balaban J connectivity index is 2.68. The molecule has 8 heteroatoms. The summed E-state index contributed by atoms with van der Waals surface area (Å²) in [5, 5.41) is 10.0. The first kappa shape index (κ1) is 15.1. The average molecular weight is 276 g/mol. The number of hydrogen-bond donors (Lipinski definition) is 3. The molecule has 1 aromatic heterocycles. The normalized spacial score (nSPS) is 15.9. The zero-order valence-corrected chi connectivity index (χ0v) is 11.9. The van der Waals surface area contributed by atoms with Gasteiger partial charge >= 0.3 is 0 Å². The van der Waals surface area contributed by atoms with Crippen LogP contribution in [0.5, 0.6) is 0 Å². The topological polar surface area (TPSA) is 98.3 Å². The molecule has 0 radical (unpaired) electrons. The molecule has 0 fully saturated rings. The fraction of sp³-hybridized carbons (Fsp3) is 0.700. The van der Waals surface area contributed by atoms with Gasteiger partial charge in [0.05, 0.1) is 11.8 Å². The van der Waals surface area contributed by atoms with Gasteiger partial charge in [-0.2, -0.15) is 0 Å². The van der Waals surface area contributed by atoms with Gasteiger partial charge in [-0.05, 0) is 27.9 Å². The lowest BCUT2D eigenvalue weighted by atomic mass is 10.1. The quantitative estimate of drug-likeness (QED) is 0.639. The molecule has 1 unspecified atom stereocenters. The third-order valence-electron chi connectivity index (χ3n) is 2.27. The van der Waals surface area contributed by atoms with Crippen molar-refractivity contribution in [1.82, 2.24) is 19.6 Å². The Morgan fingerprint density at radius 2 is 2.17 bits per heavy atom. The molecule has 0 amide bonds. The van der Waals surface area contributed by atoms with Crippen molar-refractivity contribution in [3.63, 3.8) is 0 Å². The summed E-state index contributed by atoms with van der Waals surface area (Å²) >= 11 is 0. The number of hydrogen-bond acceptors (Lipinski definition) is 5. The van der Waals surface area contributed by atoms with E-state index in [1.807, 2.05) is 0 Å². The van der Waals surface area contributed by atoms with Crippen LogP contribution in [0.15, 0.2) is 11.2 Å². The molecule has 0 aliphatic rings. The van der Waals surface area contributed by atoms with Gasteiger partial charge in [-0.1, -0.05) is 0 Å². The number of rotatable bonds is 6. The Bertz CT molecular complexity index is 493. The second kappa shape index (κ2) is 5.35. The first-order valence-electron chi connectivity index (χ1n) is 5.51. The van der Waals surface area contributed by atoms with Crippen molar-refractivity contribution in [2.45, 2.75) is 24.5 Å². The summed E-state index contributed by atoms with van der Waals surface area (Å²) in [6, 6.07) is 0. The van der Waals surface area contributed by atoms with Crippen molar-refractivity contribution in [3.05, 3.63) is 12.0 Å². The molecule has 0 bridgehead atoms. The second-order valence-electron chi connectivity index (χ2n) is 4.89. The summed E-state index contributed by atoms with van der Waals surface area (Å²) in [5.41, 5.74) is -1.13. The third kappa shape index (κ3) is 4.37. The summed E-state index contributed by atoms with van der Waals surface area (Å²) < 4.78 is 26.1. The highest BCUT2D eigenvalue weighted by Gasteiger charge is 2.25. The largest absolute Gasteiger partial charge is 0.387 e. The van der Waals surface area contributed by atoms with E-state index in [1.165, 1.54) is 6.20 Å². The van der Waals surface area contributed by atoms with Crippen LogP contribution in [0.25, 0.3) is 0 Å². The van der Waals surface area contributed by atoms with Crippen molar-refractivity contribution < 1.29 is 13.5 Å². The summed E-state index contributed by atoms with van der Waals surface area (Å²) in [6.07, 6.45) is 1.25. The van der Waals surface area contributed by atoms with E-state index >= 15 is 0 Å². The average Bonchev–Trinajstić information content (AvgIpc) is 2.61. The maximum Gasteiger partial charge on any atom is 0.257 e. The number of likely N-dealkylation sites (N-methyl/N-ethyl adjacent to an activating group) is 1. The minimum atomic E-state index is -3.66. The Hall–Kier alpha value is -0.960. The zero-order valence-electron chi connectivity index (χ0n) is 11.1. The van der Waals surface area contributed by atoms with Crippen molar-refractivity contribution >= 4 is 10.0 Å². The molecular formula is C10H20N4O3S. The standard InChI is InChI=1S/C10H20N4O3S/c1-8-11-5-9(13-8)18(16,17)12-6-10(2,15)7-14(3)4/h5,12,15H,6-7H2,1-4H3,(H,11,13). The van der Waals surface area contributed by atoms with E-state index in [4.69, 9.17) is 0 Å². The van der Waals surface area contributed by atoms with Gasteiger partial charge in [0, 0.05) is 13.1 Å². The number of aromatic amines is 1. The Morgan fingerprint density at radius 3 is 2.61 bits per heavy atom. The zero-order chi connectivity index (χ0) is 14.0. The molecule has 3 N–H and O–H groups in total. The van der Waals surface area contributed by atoms with Crippen LogP contribution in [0.2, 0.25) is 0 Å². The molecule has 1 heterocycles. The van der Waals surface area contributed by atoms with E-state index in [0.29, 0.717) is 12.4 Å². The molecule has 0 aliphatic heterocycles. The molecule has 0 saturated heterocycles. The Morgan fingerprint density at radius 1 is 1.56 bits per heavy atom. The fourth-order valence-corrected chi connectivity index (χ4v) is 2.73. The minimum absolute atomic E-state index is 0.000605. The number of H-pyrrole nitrogens is 1. The summed E-state index contributed by atoms with van der Waals surface area (Å²) in [5.74, 6) is 0.524. The number of nitrogens with zero attached hydrogens (tertiary/aromatic N) is 2. The maximum absolute atomic E-state index is 11.9. The van der Waals surface area contributed by atoms with Crippen LogP contribution >= 0.6 is 0 Å². The molecule has 0 saturated carbocycles. The highest BCUT2D eigenvalue weighted by Crippen LogP contribution is 2.08. The number of nitrogens with one attached hydrogen (secondary N) is 2. The van der Waals surface area contributed by atoms with Gasteiger partial charge in [-0.15, -0.1) is 0 Å².